The average molecular weight is 451 g/mol. The summed E-state index contributed by atoms with van der Waals surface area (Å²) in [5, 5.41) is 11.1. The molecule has 180 valence electrons. The molecule has 3 heteroatoms. The minimum Gasteiger partial charge on any atom is -0.393 e. The summed E-state index contributed by atoms with van der Waals surface area (Å²) in [6.07, 6.45) is 8.77. The lowest BCUT2D eigenvalue weighted by Crippen LogP contribution is -2.52. The number of aliphatic hydroxyl groups excluding tert-OH is 1. The van der Waals surface area contributed by atoms with E-state index < -0.39 is 0 Å². The highest BCUT2D eigenvalue weighted by Gasteiger charge is 2.57. The van der Waals surface area contributed by atoms with Crippen molar-refractivity contribution in [1.82, 2.24) is 0 Å². The van der Waals surface area contributed by atoms with Crippen molar-refractivity contribution in [2.75, 3.05) is 13.2 Å². The van der Waals surface area contributed by atoms with Crippen LogP contribution in [0.1, 0.15) is 89.2 Å². The van der Waals surface area contributed by atoms with Crippen LogP contribution in [-0.4, -0.2) is 30.2 Å². The standard InChI is InChI=1S/C30H42O3/c1-19-5-7-20(8-6-19)24-16-29(4)25(11-12-26(29)31)23-10-9-21-15-30(14-13-22(21)27(23)24)32-17-28(2,3)18-33-30/h5-8,21,23-26,31H,9-18H2,1-4H3. The first-order valence-corrected chi connectivity index (χ1v) is 13.5. The number of hydrogen-bond acceptors (Lipinski definition) is 3. The maximum atomic E-state index is 11.1. The van der Waals surface area contributed by atoms with Crippen LogP contribution >= 0.6 is 0 Å². The highest BCUT2D eigenvalue weighted by molar-refractivity contribution is 5.41. The third kappa shape index (κ3) is 3.56. The van der Waals surface area contributed by atoms with E-state index in [-0.39, 0.29) is 22.7 Å². The van der Waals surface area contributed by atoms with E-state index in [9.17, 15) is 5.11 Å². The molecule has 1 aliphatic heterocycles. The van der Waals surface area contributed by atoms with E-state index in [4.69, 9.17) is 9.47 Å². The molecular weight excluding hydrogens is 408 g/mol. The zero-order valence-electron chi connectivity index (χ0n) is 21.0. The van der Waals surface area contributed by atoms with E-state index in [1.165, 1.54) is 30.4 Å². The van der Waals surface area contributed by atoms with Crippen LogP contribution in [0, 0.1) is 35.5 Å². The summed E-state index contributed by atoms with van der Waals surface area (Å²) in [6.45, 7) is 10.7. The second-order valence-corrected chi connectivity index (χ2v) is 13.1. The first kappa shape index (κ1) is 22.3. The quantitative estimate of drug-likeness (QED) is 0.494. The summed E-state index contributed by atoms with van der Waals surface area (Å²) >= 11 is 0. The molecule has 6 atom stereocenters. The molecule has 1 spiro atoms. The molecule has 33 heavy (non-hydrogen) atoms. The second kappa shape index (κ2) is 7.67. The van der Waals surface area contributed by atoms with E-state index in [1.807, 2.05) is 0 Å². The van der Waals surface area contributed by atoms with Gasteiger partial charge in [0.15, 0.2) is 5.79 Å². The Balaban J connectivity index is 1.38. The number of aliphatic hydroxyl groups is 1. The third-order valence-electron chi connectivity index (χ3n) is 10.2. The third-order valence-corrected chi connectivity index (χ3v) is 10.2. The fourth-order valence-corrected chi connectivity index (χ4v) is 8.30. The molecule has 0 aromatic heterocycles. The van der Waals surface area contributed by atoms with Crippen molar-refractivity contribution in [2.45, 2.75) is 96.9 Å². The summed E-state index contributed by atoms with van der Waals surface area (Å²) in [5.41, 5.74) is 6.45. The number of rotatable bonds is 1. The Kier molecular flexibility index (Phi) is 5.19. The predicted octanol–water partition coefficient (Wildman–Crippen LogP) is 6.54. The maximum Gasteiger partial charge on any atom is 0.169 e. The summed E-state index contributed by atoms with van der Waals surface area (Å²) in [7, 11) is 0. The Morgan fingerprint density at radius 3 is 2.36 bits per heavy atom. The fraction of sp³-hybridized carbons (Fsp3) is 0.733. The molecule has 3 nitrogen and oxygen atoms in total. The molecule has 6 unspecified atom stereocenters. The van der Waals surface area contributed by atoms with Crippen molar-refractivity contribution < 1.29 is 14.6 Å². The van der Waals surface area contributed by atoms with E-state index in [0.29, 0.717) is 23.7 Å². The predicted molar refractivity (Wildman–Crippen MR) is 131 cm³/mol. The molecule has 5 aliphatic rings. The number of fused-ring (bicyclic) bond motifs is 4. The van der Waals surface area contributed by atoms with Crippen LogP contribution in [0.2, 0.25) is 0 Å². The normalized spacial score (nSPS) is 41.4. The van der Waals surface area contributed by atoms with E-state index in [1.54, 1.807) is 11.1 Å². The van der Waals surface area contributed by atoms with Crippen molar-refractivity contribution in [1.29, 1.82) is 0 Å². The molecular formula is C30H42O3. The Hall–Kier alpha value is -1.16. The summed E-state index contributed by atoms with van der Waals surface area (Å²) in [6, 6.07) is 9.27. The Bertz CT molecular complexity index is 934. The van der Waals surface area contributed by atoms with Gasteiger partial charge in [0, 0.05) is 24.2 Å². The van der Waals surface area contributed by atoms with E-state index in [0.717, 1.165) is 45.3 Å². The number of benzene rings is 1. The molecule has 1 N–H and O–H groups in total. The Morgan fingerprint density at radius 1 is 0.909 bits per heavy atom. The monoisotopic (exact) mass is 450 g/mol. The van der Waals surface area contributed by atoms with Gasteiger partial charge in [-0.3, -0.25) is 0 Å². The number of hydrogen-bond donors (Lipinski definition) is 1. The minimum atomic E-state index is -0.358. The highest BCUT2D eigenvalue weighted by atomic mass is 16.7. The lowest BCUT2D eigenvalue weighted by molar-refractivity contribution is -0.312. The van der Waals surface area contributed by atoms with Gasteiger partial charge in [0.2, 0.25) is 0 Å². The Morgan fingerprint density at radius 2 is 1.64 bits per heavy atom. The van der Waals surface area contributed by atoms with Crippen molar-refractivity contribution in [3.63, 3.8) is 0 Å². The maximum absolute atomic E-state index is 11.1. The molecule has 0 radical (unpaired) electrons. The van der Waals surface area contributed by atoms with Gasteiger partial charge in [0.1, 0.15) is 0 Å². The van der Waals surface area contributed by atoms with Gasteiger partial charge in [-0.15, -0.1) is 0 Å². The first-order chi connectivity index (χ1) is 15.7. The van der Waals surface area contributed by atoms with Crippen LogP contribution in [0.25, 0.3) is 0 Å². The molecule has 3 saturated carbocycles. The van der Waals surface area contributed by atoms with Gasteiger partial charge in [-0.05, 0) is 74.2 Å². The molecule has 1 heterocycles. The molecule has 4 fully saturated rings. The second-order valence-electron chi connectivity index (χ2n) is 13.1. The van der Waals surface area contributed by atoms with Gasteiger partial charge in [-0.25, -0.2) is 0 Å². The van der Waals surface area contributed by atoms with Crippen LogP contribution in [0.3, 0.4) is 0 Å². The van der Waals surface area contributed by atoms with Gasteiger partial charge in [-0.1, -0.05) is 61.7 Å². The van der Waals surface area contributed by atoms with E-state index >= 15 is 0 Å². The SMILES string of the molecule is Cc1ccc(C2CC3(C)C(O)CCC3C3CCC4CC5(CCC4=C23)OCC(C)(C)CO5)cc1. The van der Waals surface area contributed by atoms with Gasteiger partial charge >= 0.3 is 0 Å². The number of ether oxygens (including phenoxy) is 2. The average Bonchev–Trinajstić information content (AvgIpc) is 3.10. The fourth-order valence-electron chi connectivity index (χ4n) is 8.30. The van der Waals surface area contributed by atoms with Crippen molar-refractivity contribution in [3.8, 4) is 0 Å². The largest absolute Gasteiger partial charge is 0.393 e. The summed E-state index contributed by atoms with van der Waals surface area (Å²) in [4.78, 5) is 0. The van der Waals surface area contributed by atoms with Gasteiger partial charge < -0.3 is 14.6 Å². The van der Waals surface area contributed by atoms with Gasteiger partial charge in [-0.2, -0.15) is 0 Å². The molecule has 6 rings (SSSR count). The summed E-state index contributed by atoms with van der Waals surface area (Å²) in [5.74, 6) is 1.96. The lowest BCUT2D eigenvalue weighted by atomic mass is 9.52. The molecule has 0 bridgehead atoms. The first-order valence-electron chi connectivity index (χ1n) is 13.5. The smallest absolute Gasteiger partial charge is 0.169 e. The summed E-state index contributed by atoms with van der Waals surface area (Å²) < 4.78 is 12.9. The number of aryl methyl sites for hydroxylation is 1. The molecule has 1 aromatic carbocycles. The molecule has 1 saturated heterocycles. The topological polar surface area (TPSA) is 38.7 Å². The van der Waals surface area contributed by atoms with E-state index in [2.05, 4.69) is 52.0 Å². The van der Waals surface area contributed by atoms with Crippen LogP contribution in [-0.2, 0) is 9.47 Å². The van der Waals surface area contributed by atoms with Crippen molar-refractivity contribution in [2.24, 2.45) is 28.6 Å². The van der Waals surface area contributed by atoms with Crippen LogP contribution in [0.5, 0.6) is 0 Å². The van der Waals surface area contributed by atoms with Crippen LogP contribution in [0.4, 0.5) is 0 Å². The Labute approximate surface area is 199 Å². The molecule has 0 amide bonds. The molecule has 4 aliphatic carbocycles. The minimum absolute atomic E-state index is 0.0498. The number of allylic oxidation sites excluding steroid dienone is 2. The van der Waals surface area contributed by atoms with Gasteiger partial charge in [0.25, 0.3) is 0 Å². The zero-order chi connectivity index (χ0) is 23.0. The van der Waals surface area contributed by atoms with Crippen molar-refractivity contribution in [3.05, 3.63) is 46.5 Å². The lowest BCUT2D eigenvalue weighted by Gasteiger charge is -2.55. The van der Waals surface area contributed by atoms with Crippen LogP contribution in [0.15, 0.2) is 35.4 Å². The van der Waals surface area contributed by atoms with Gasteiger partial charge in [0.05, 0.1) is 19.3 Å². The zero-order valence-corrected chi connectivity index (χ0v) is 21.0. The highest BCUT2D eigenvalue weighted by Crippen LogP contribution is 2.64. The molecule has 1 aromatic rings. The van der Waals surface area contributed by atoms with Crippen molar-refractivity contribution >= 4 is 0 Å². The van der Waals surface area contributed by atoms with Crippen LogP contribution < -0.4 is 0 Å².